The van der Waals surface area contributed by atoms with Crippen LogP contribution in [-0.2, 0) is 9.53 Å². The van der Waals surface area contributed by atoms with Gasteiger partial charge in [-0.05, 0) is 34.1 Å². The van der Waals surface area contributed by atoms with Gasteiger partial charge in [-0.3, -0.25) is 4.79 Å². The number of rotatable bonds is 3. The summed E-state index contributed by atoms with van der Waals surface area (Å²) < 4.78 is 18.9. The number of ether oxygens (including phenoxy) is 1. The average Bonchev–Trinajstić information content (AvgIpc) is 2.43. The van der Waals surface area contributed by atoms with E-state index >= 15 is 0 Å². The topological polar surface area (TPSA) is 78.9 Å². The van der Waals surface area contributed by atoms with Crippen LogP contribution in [0, 0.1) is 5.82 Å². The lowest BCUT2D eigenvalue weighted by Gasteiger charge is -2.34. The smallest absolute Gasteiger partial charge is 0.322 e. The summed E-state index contributed by atoms with van der Waals surface area (Å²) in [7, 11) is 0. The molecule has 2 amide bonds. The lowest BCUT2D eigenvalue weighted by atomic mass is 10.1. The average molecular weight is 361 g/mol. The van der Waals surface area contributed by atoms with Gasteiger partial charge in [0.05, 0.1) is 30.1 Å². The Balaban J connectivity index is 2.06. The maximum atomic E-state index is 13.4. The molecule has 1 unspecified atom stereocenters. The van der Waals surface area contributed by atoms with Crippen molar-refractivity contribution in [2.45, 2.75) is 12.5 Å². The number of aliphatic carboxylic acids is 1. The maximum Gasteiger partial charge on any atom is 0.322 e. The number of morpholine rings is 1. The van der Waals surface area contributed by atoms with Crippen LogP contribution in [-0.4, -0.2) is 47.8 Å². The first-order valence-electron chi connectivity index (χ1n) is 6.29. The Morgan fingerprint density at radius 1 is 1.52 bits per heavy atom. The number of carbonyl (C=O) groups is 2. The normalized spacial score (nSPS) is 18.4. The number of amides is 2. The minimum Gasteiger partial charge on any atom is -0.481 e. The molecule has 2 rings (SSSR count). The standard InChI is InChI=1S/C13H14BrFN2O4/c14-10-2-1-8(5-11(10)15)16-13(20)17-3-4-21-7-9(17)6-12(18)19/h1-2,5,9H,3-4,6-7H2,(H,16,20)(H,18,19). The molecule has 1 aromatic rings. The van der Waals surface area contributed by atoms with E-state index in [0.29, 0.717) is 23.3 Å². The van der Waals surface area contributed by atoms with Crippen LogP contribution in [0.1, 0.15) is 6.42 Å². The molecule has 1 aromatic carbocycles. The highest BCUT2D eigenvalue weighted by molar-refractivity contribution is 9.10. The Hall–Kier alpha value is -1.67. The van der Waals surface area contributed by atoms with Crippen LogP contribution in [0.2, 0.25) is 0 Å². The molecule has 0 bridgehead atoms. The fraction of sp³-hybridized carbons (Fsp3) is 0.385. The third-order valence-electron chi connectivity index (χ3n) is 3.07. The summed E-state index contributed by atoms with van der Waals surface area (Å²) in [4.78, 5) is 24.4. The van der Waals surface area contributed by atoms with Gasteiger partial charge in [-0.15, -0.1) is 0 Å². The summed E-state index contributed by atoms with van der Waals surface area (Å²) in [6.45, 7) is 0.815. The van der Waals surface area contributed by atoms with Crippen LogP contribution in [0.3, 0.4) is 0 Å². The van der Waals surface area contributed by atoms with Crippen molar-refractivity contribution in [1.29, 1.82) is 0 Å². The zero-order valence-electron chi connectivity index (χ0n) is 11.0. The van der Waals surface area contributed by atoms with Gasteiger partial charge >= 0.3 is 12.0 Å². The largest absolute Gasteiger partial charge is 0.481 e. The number of nitrogens with zero attached hydrogens (tertiary/aromatic N) is 1. The molecule has 1 aliphatic heterocycles. The molecule has 1 fully saturated rings. The number of nitrogens with one attached hydrogen (secondary N) is 1. The van der Waals surface area contributed by atoms with Crippen LogP contribution in [0.15, 0.2) is 22.7 Å². The van der Waals surface area contributed by atoms with Crippen LogP contribution < -0.4 is 5.32 Å². The second-order valence-corrected chi connectivity index (χ2v) is 5.43. The van der Waals surface area contributed by atoms with Gasteiger partial charge in [0.1, 0.15) is 5.82 Å². The third kappa shape index (κ3) is 4.15. The molecule has 0 saturated carbocycles. The molecule has 8 heteroatoms. The van der Waals surface area contributed by atoms with E-state index in [1.54, 1.807) is 6.07 Å². The number of urea groups is 1. The van der Waals surface area contributed by atoms with Crippen molar-refractivity contribution in [3.05, 3.63) is 28.5 Å². The highest BCUT2D eigenvalue weighted by atomic mass is 79.9. The van der Waals surface area contributed by atoms with Crippen molar-refractivity contribution in [3.63, 3.8) is 0 Å². The van der Waals surface area contributed by atoms with Gasteiger partial charge in [-0.25, -0.2) is 9.18 Å². The zero-order valence-corrected chi connectivity index (χ0v) is 12.6. The van der Waals surface area contributed by atoms with E-state index in [1.165, 1.54) is 17.0 Å². The summed E-state index contributed by atoms with van der Waals surface area (Å²) in [5.41, 5.74) is 0.307. The van der Waals surface area contributed by atoms with Gasteiger partial charge in [0.25, 0.3) is 0 Å². The van der Waals surface area contributed by atoms with Crippen LogP contribution >= 0.6 is 15.9 Å². The van der Waals surface area contributed by atoms with Crippen LogP contribution in [0.5, 0.6) is 0 Å². The minimum atomic E-state index is -1.00. The Labute approximate surface area is 129 Å². The van der Waals surface area contributed by atoms with Gasteiger partial charge in [-0.2, -0.15) is 0 Å². The molecule has 1 atom stereocenters. The van der Waals surface area contributed by atoms with E-state index in [4.69, 9.17) is 9.84 Å². The molecule has 21 heavy (non-hydrogen) atoms. The number of carbonyl (C=O) groups excluding carboxylic acids is 1. The predicted octanol–water partition coefficient (Wildman–Crippen LogP) is 2.30. The van der Waals surface area contributed by atoms with E-state index in [9.17, 15) is 14.0 Å². The Morgan fingerprint density at radius 2 is 2.29 bits per heavy atom. The number of carboxylic acid groups (broad SMARTS) is 1. The van der Waals surface area contributed by atoms with Crippen molar-refractivity contribution in [2.75, 3.05) is 25.1 Å². The molecule has 6 nitrogen and oxygen atoms in total. The quantitative estimate of drug-likeness (QED) is 0.866. The van der Waals surface area contributed by atoms with Gasteiger partial charge in [0.2, 0.25) is 0 Å². The highest BCUT2D eigenvalue weighted by Crippen LogP contribution is 2.20. The SMILES string of the molecule is O=C(O)CC1COCCN1C(=O)Nc1ccc(Br)c(F)c1. The zero-order chi connectivity index (χ0) is 15.4. The molecule has 1 aliphatic rings. The fourth-order valence-electron chi connectivity index (χ4n) is 2.06. The molecule has 0 radical (unpaired) electrons. The van der Waals surface area contributed by atoms with Crippen molar-refractivity contribution in [2.24, 2.45) is 0 Å². The molecular weight excluding hydrogens is 347 g/mol. The number of benzene rings is 1. The second-order valence-electron chi connectivity index (χ2n) is 4.58. The molecule has 1 heterocycles. The molecule has 1 saturated heterocycles. The van der Waals surface area contributed by atoms with Crippen LogP contribution in [0.4, 0.5) is 14.9 Å². The van der Waals surface area contributed by atoms with Gasteiger partial charge < -0.3 is 20.1 Å². The number of hydrogen-bond donors (Lipinski definition) is 2. The van der Waals surface area contributed by atoms with E-state index in [0.717, 1.165) is 0 Å². The lowest BCUT2D eigenvalue weighted by molar-refractivity contribution is -0.139. The monoisotopic (exact) mass is 360 g/mol. The predicted molar refractivity (Wildman–Crippen MR) is 76.7 cm³/mol. The summed E-state index contributed by atoms with van der Waals surface area (Å²) in [5, 5.41) is 11.4. The van der Waals surface area contributed by atoms with Crippen molar-refractivity contribution < 1.29 is 23.8 Å². The molecule has 0 aromatic heterocycles. The number of halogens is 2. The van der Waals surface area contributed by atoms with Crippen molar-refractivity contribution in [1.82, 2.24) is 4.90 Å². The van der Waals surface area contributed by atoms with Crippen molar-refractivity contribution in [3.8, 4) is 0 Å². The van der Waals surface area contributed by atoms with Gasteiger partial charge in [-0.1, -0.05) is 0 Å². The second kappa shape index (κ2) is 6.86. The minimum absolute atomic E-state index is 0.175. The van der Waals surface area contributed by atoms with Crippen molar-refractivity contribution >= 4 is 33.6 Å². The number of carboxylic acids is 1. The molecule has 114 valence electrons. The number of hydrogen-bond acceptors (Lipinski definition) is 3. The van der Waals surface area contributed by atoms with E-state index < -0.39 is 23.9 Å². The maximum absolute atomic E-state index is 13.4. The molecule has 2 N–H and O–H groups in total. The fourth-order valence-corrected chi connectivity index (χ4v) is 2.31. The Bertz CT molecular complexity index is 555. The summed E-state index contributed by atoms with van der Waals surface area (Å²) in [5.74, 6) is -1.49. The van der Waals surface area contributed by atoms with E-state index in [-0.39, 0.29) is 13.0 Å². The van der Waals surface area contributed by atoms with E-state index in [2.05, 4.69) is 21.2 Å². The van der Waals surface area contributed by atoms with Gasteiger partial charge in [0.15, 0.2) is 0 Å². The first-order chi connectivity index (χ1) is 9.97. The Morgan fingerprint density at radius 3 is 2.95 bits per heavy atom. The molecule has 0 aliphatic carbocycles. The first kappa shape index (κ1) is 15.7. The van der Waals surface area contributed by atoms with Gasteiger partial charge in [0, 0.05) is 12.2 Å². The van der Waals surface area contributed by atoms with E-state index in [1.807, 2.05) is 0 Å². The summed E-state index contributed by atoms with van der Waals surface area (Å²) >= 11 is 3.03. The summed E-state index contributed by atoms with van der Waals surface area (Å²) in [6, 6.07) is 3.23. The molecular formula is C13H14BrFN2O4. The first-order valence-corrected chi connectivity index (χ1v) is 7.09. The van der Waals surface area contributed by atoms with Crippen LogP contribution in [0.25, 0.3) is 0 Å². The third-order valence-corrected chi connectivity index (χ3v) is 3.71. The highest BCUT2D eigenvalue weighted by Gasteiger charge is 2.29. The lowest BCUT2D eigenvalue weighted by Crippen LogP contribution is -2.51. The molecule has 0 spiro atoms. The Kier molecular flexibility index (Phi) is 5.13. The number of anilines is 1. The summed E-state index contributed by atoms with van der Waals surface area (Å²) in [6.07, 6.45) is -0.192.